The number of nitrogens with zero attached hydrogens (tertiary/aromatic N) is 1. The van der Waals surface area contributed by atoms with Gasteiger partial charge in [-0.3, -0.25) is 4.79 Å². The molecule has 1 unspecified atom stereocenters. The van der Waals surface area contributed by atoms with E-state index in [-0.39, 0.29) is 11.4 Å². The third kappa shape index (κ3) is 2.13. The van der Waals surface area contributed by atoms with Crippen molar-refractivity contribution < 1.29 is 18.3 Å². The average Bonchev–Trinajstić information content (AvgIpc) is 2.78. The molecule has 1 aromatic carbocycles. The van der Waals surface area contributed by atoms with Gasteiger partial charge in [0.1, 0.15) is 6.04 Å². The Morgan fingerprint density at radius 3 is 2.67 bits per heavy atom. The summed E-state index contributed by atoms with van der Waals surface area (Å²) in [6.45, 7) is 1.98. The zero-order valence-electron chi connectivity index (χ0n) is 10.0. The Hall–Kier alpha value is -1.40. The van der Waals surface area contributed by atoms with Gasteiger partial charge in [0.05, 0.1) is 4.90 Å². The Balaban J connectivity index is 2.43. The zero-order valence-corrected chi connectivity index (χ0v) is 10.9. The van der Waals surface area contributed by atoms with Gasteiger partial charge >= 0.3 is 5.97 Å². The number of carbonyl (C=O) groups is 1. The molecule has 5 nitrogen and oxygen atoms in total. The summed E-state index contributed by atoms with van der Waals surface area (Å²) in [5.74, 6) is -1.08. The fourth-order valence-electron chi connectivity index (χ4n) is 2.25. The molecular formula is C12H15NO4S. The zero-order chi connectivity index (χ0) is 13.3. The smallest absolute Gasteiger partial charge is 0.322 e. The largest absolute Gasteiger partial charge is 0.480 e. The lowest BCUT2D eigenvalue weighted by Gasteiger charge is -2.21. The van der Waals surface area contributed by atoms with Gasteiger partial charge in [-0.05, 0) is 31.4 Å². The van der Waals surface area contributed by atoms with Gasteiger partial charge in [-0.15, -0.1) is 0 Å². The Morgan fingerprint density at radius 1 is 1.39 bits per heavy atom. The predicted molar refractivity (Wildman–Crippen MR) is 65.7 cm³/mol. The highest BCUT2D eigenvalue weighted by Gasteiger charge is 2.39. The first kappa shape index (κ1) is 13.0. The lowest BCUT2D eigenvalue weighted by molar-refractivity contribution is -0.140. The van der Waals surface area contributed by atoms with E-state index in [1.54, 1.807) is 25.1 Å². The van der Waals surface area contributed by atoms with Gasteiger partial charge in [0.15, 0.2) is 0 Å². The lowest BCUT2D eigenvalue weighted by atomic mass is 10.2. The first-order valence-corrected chi connectivity index (χ1v) is 7.19. The number of aliphatic carboxylic acids is 1. The molecule has 1 saturated heterocycles. The molecular weight excluding hydrogens is 254 g/mol. The highest BCUT2D eigenvalue weighted by atomic mass is 32.2. The second kappa shape index (κ2) is 4.70. The van der Waals surface area contributed by atoms with Crippen LogP contribution in [0.15, 0.2) is 29.2 Å². The van der Waals surface area contributed by atoms with E-state index in [9.17, 15) is 13.2 Å². The normalized spacial score (nSPS) is 21.1. The van der Waals surface area contributed by atoms with Crippen LogP contribution in [0.25, 0.3) is 0 Å². The summed E-state index contributed by atoms with van der Waals surface area (Å²) >= 11 is 0. The van der Waals surface area contributed by atoms with Crippen LogP contribution in [-0.4, -0.2) is 36.4 Å². The van der Waals surface area contributed by atoms with E-state index in [1.807, 2.05) is 0 Å². The fraction of sp³-hybridized carbons (Fsp3) is 0.417. The Labute approximate surface area is 106 Å². The van der Waals surface area contributed by atoms with Crippen molar-refractivity contribution >= 4 is 16.0 Å². The number of hydrogen-bond donors (Lipinski definition) is 1. The highest BCUT2D eigenvalue weighted by molar-refractivity contribution is 7.89. The molecule has 0 bridgehead atoms. The van der Waals surface area contributed by atoms with Crippen molar-refractivity contribution in [3.63, 3.8) is 0 Å². The molecule has 1 aromatic rings. The van der Waals surface area contributed by atoms with Crippen LogP contribution in [-0.2, 0) is 14.8 Å². The summed E-state index contributed by atoms with van der Waals surface area (Å²) in [6, 6.07) is 5.69. The molecule has 1 atom stereocenters. The third-order valence-corrected chi connectivity index (χ3v) is 5.24. The fourth-order valence-corrected chi connectivity index (χ4v) is 4.12. The molecule has 0 radical (unpaired) electrons. The molecule has 1 aliphatic heterocycles. The van der Waals surface area contributed by atoms with Gasteiger partial charge in [0.2, 0.25) is 10.0 Å². The second-order valence-electron chi connectivity index (χ2n) is 4.38. The number of carboxylic acids is 1. The molecule has 2 rings (SSSR count). The number of rotatable bonds is 3. The van der Waals surface area contributed by atoms with Gasteiger partial charge in [0, 0.05) is 6.54 Å². The van der Waals surface area contributed by atoms with E-state index >= 15 is 0 Å². The minimum Gasteiger partial charge on any atom is -0.480 e. The summed E-state index contributed by atoms with van der Waals surface area (Å²) in [7, 11) is -3.71. The summed E-state index contributed by atoms with van der Waals surface area (Å²) in [5.41, 5.74) is 0.633. The van der Waals surface area contributed by atoms with E-state index in [4.69, 9.17) is 5.11 Å². The highest BCUT2D eigenvalue weighted by Crippen LogP contribution is 2.27. The van der Waals surface area contributed by atoms with Crippen LogP contribution in [0.2, 0.25) is 0 Å². The van der Waals surface area contributed by atoms with Gasteiger partial charge in [0.25, 0.3) is 0 Å². The van der Waals surface area contributed by atoms with Crippen molar-refractivity contribution in [3.8, 4) is 0 Å². The third-order valence-electron chi connectivity index (χ3n) is 3.17. The van der Waals surface area contributed by atoms with E-state index in [0.29, 0.717) is 18.4 Å². The number of carboxylic acid groups (broad SMARTS) is 1. The van der Waals surface area contributed by atoms with E-state index < -0.39 is 22.0 Å². The van der Waals surface area contributed by atoms with E-state index in [1.165, 1.54) is 6.07 Å². The lowest BCUT2D eigenvalue weighted by Crippen LogP contribution is -2.40. The van der Waals surface area contributed by atoms with Crippen molar-refractivity contribution in [2.45, 2.75) is 30.7 Å². The Kier molecular flexibility index (Phi) is 3.41. The molecule has 0 saturated carbocycles. The molecule has 0 amide bonds. The van der Waals surface area contributed by atoms with Crippen LogP contribution < -0.4 is 0 Å². The molecule has 98 valence electrons. The quantitative estimate of drug-likeness (QED) is 0.895. The maximum atomic E-state index is 12.4. The molecule has 0 aliphatic carbocycles. The first-order chi connectivity index (χ1) is 8.44. The van der Waals surface area contributed by atoms with Gasteiger partial charge in [-0.1, -0.05) is 18.2 Å². The summed E-state index contributed by atoms with van der Waals surface area (Å²) in [6.07, 6.45) is 0.961. The molecule has 0 spiro atoms. The summed E-state index contributed by atoms with van der Waals surface area (Å²) < 4.78 is 26.0. The SMILES string of the molecule is Cc1ccccc1S(=O)(=O)N1CCCC1C(=O)O. The molecule has 1 aliphatic rings. The number of sulfonamides is 1. The van der Waals surface area contributed by atoms with Crippen molar-refractivity contribution in [3.05, 3.63) is 29.8 Å². The Bertz CT molecular complexity index is 567. The van der Waals surface area contributed by atoms with Crippen LogP contribution in [0, 0.1) is 6.92 Å². The predicted octanol–water partition coefficient (Wildman–Crippen LogP) is 1.23. The maximum absolute atomic E-state index is 12.4. The monoisotopic (exact) mass is 269 g/mol. The number of benzene rings is 1. The molecule has 1 fully saturated rings. The summed E-state index contributed by atoms with van der Waals surface area (Å²) in [4.78, 5) is 11.3. The molecule has 6 heteroatoms. The first-order valence-electron chi connectivity index (χ1n) is 5.75. The van der Waals surface area contributed by atoms with Crippen LogP contribution in [0.5, 0.6) is 0 Å². The maximum Gasteiger partial charge on any atom is 0.322 e. The van der Waals surface area contributed by atoms with Crippen LogP contribution in [0.1, 0.15) is 18.4 Å². The molecule has 0 aromatic heterocycles. The van der Waals surface area contributed by atoms with Crippen molar-refractivity contribution in [2.24, 2.45) is 0 Å². The van der Waals surface area contributed by atoms with Gasteiger partial charge in [-0.2, -0.15) is 4.31 Å². The Morgan fingerprint density at radius 2 is 2.06 bits per heavy atom. The number of aryl methyl sites for hydroxylation is 1. The van der Waals surface area contributed by atoms with Crippen LogP contribution >= 0.6 is 0 Å². The topological polar surface area (TPSA) is 74.7 Å². The molecule has 1 N–H and O–H groups in total. The van der Waals surface area contributed by atoms with Crippen molar-refractivity contribution in [2.75, 3.05) is 6.54 Å². The number of hydrogen-bond acceptors (Lipinski definition) is 3. The molecule has 18 heavy (non-hydrogen) atoms. The van der Waals surface area contributed by atoms with E-state index in [0.717, 1.165) is 4.31 Å². The van der Waals surface area contributed by atoms with Crippen molar-refractivity contribution in [1.82, 2.24) is 4.31 Å². The average molecular weight is 269 g/mol. The van der Waals surface area contributed by atoms with E-state index in [2.05, 4.69) is 0 Å². The minimum absolute atomic E-state index is 0.193. The minimum atomic E-state index is -3.71. The van der Waals surface area contributed by atoms with Crippen LogP contribution in [0.3, 0.4) is 0 Å². The van der Waals surface area contributed by atoms with Crippen LogP contribution in [0.4, 0.5) is 0 Å². The van der Waals surface area contributed by atoms with Gasteiger partial charge in [-0.25, -0.2) is 8.42 Å². The van der Waals surface area contributed by atoms with Crippen molar-refractivity contribution in [1.29, 1.82) is 0 Å². The summed E-state index contributed by atoms with van der Waals surface area (Å²) in [5, 5.41) is 9.06. The molecule has 1 heterocycles. The standard InChI is InChI=1S/C12H15NO4S/c1-9-5-2-3-7-11(9)18(16,17)13-8-4-6-10(13)12(14)15/h2-3,5,7,10H,4,6,8H2,1H3,(H,14,15). The van der Waals surface area contributed by atoms with Gasteiger partial charge < -0.3 is 5.11 Å². The second-order valence-corrected chi connectivity index (χ2v) is 6.24.